The summed E-state index contributed by atoms with van der Waals surface area (Å²) in [6.45, 7) is 3.34. The largest absolute Gasteiger partial charge is 0.484 e. The van der Waals surface area contributed by atoms with Crippen molar-refractivity contribution in [3.63, 3.8) is 0 Å². The predicted molar refractivity (Wildman–Crippen MR) is 134 cm³/mol. The number of amides is 1. The Bertz CT molecular complexity index is 1580. The molecule has 5 aromatic rings. The van der Waals surface area contributed by atoms with Crippen molar-refractivity contribution in [1.29, 1.82) is 0 Å². The van der Waals surface area contributed by atoms with Crippen LogP contribution in [0.25, 0.3) is 27.8 Å². The van der Waals surface area contributed by atoms with Crippen LogP contribution in [0.5, 0.6) is 5.75 Å². The minimum atomic E-state index is -0.742. The van der Waals surface area contributed by atoms with E-state index in [1.807, 2.05) is 48.7 Å². The maximum atomic E-state index is 12.2. The quantitative estimate of drug-likeness (QED) is 0.314. The number of benzene rings is 2. The number of ether oxygens (including phenoxy) is 1. The highest BCUT2D eigenvalue weighted by Crippen LogP contribution is 2.27. The molecule has 0 fully saturated rings. The maximum Gasteiger partial charge on any atom is 0.259 e. The topological polar surface area (TPSA) is 109 Å². The summed E-state index contributed by atoms with van der Waals surface area (Å²) >= 11 is 0. The monoisotopic (exact) mass is 465 g/mol. The van der Waals surface area contributed by atoms with Gasteiger partial charge in [0.05, 0.1) is 17.3 Å². The number of nitrogens with one attached hydrogen (secondary N) is 3. The molecule has 0 aliphatic heterocycles. The number of fused-ring (bicyclic) bond motifs is 2. The average molecular weight is 466 g/mol. The second-order valence-corrected chi connectivity index (χ2v) is 8.55. The molecule has 0 bridgehead atoms. The number of anilines is 2. The van der Waals surface area contributed by atoms with Crippen LogP contribution in [0.2, 0.25) is 0 Å². The molecule has 0 radical (unpaired) electrons. The van der Waals surface area contributed by atoms with Gasteiger partial charge in [0.15, 0.2) is 18.2 Å². The fraction of sp³-hybridized carbons (Fsp3) is 0.154. The molecule has 9 heteroatoms. The van der Waals surface area contributed by atoms with Gasteiger partial charge in [0.25, 0.3) is 5.91 Å². The molecule has 3 aromatic heterocycles. The van der Waals surface area contributed by atoms with Crippen molar-refractivity contribution in [2.24, 2.45) is 0 Å². The van der Waals surface area contributed by atoms with Crippen LogP contribution < -0.4 is 15.4 Å². The molecular formula is C26H23N7O2. The molecule has 5 rings (SSSR count). The Labute approximate surface area is 201 Å². The first-order chi connectivity index (χ1) is 16.9. The van der Waals surface area contributed by atoms with Crippen LogP contribution in [0.3, 0.4) is 0 Å². The molecule has 35 heavy (non-hydrogen) atoms. The SMILES string of the molecule is C#CC(C)(C)NC(=O)COc1cccc(-c2nc(Nc3ccc4[nH]ncc4c3)c3cccn3n2)c1. The molecule has 2 aromatic carbocycles. The van der Waals surface area contributed by atoms with Crippen molar-refractivity contribution in [2.45, 2.75) is 19.4 Å². The first-order valence-corrected chi connectivity index (χ1v) is 11.0. The minimum absolute atomic E-state index is 0.157. The van der Waals surface area contributed by atoms with E-state index in [2.05, 4.69) is 31.9 Å². The molecule has 0 unspecified atom stereocenters. The Morgan fingerprint density at radius 2 is 2.09 bits per heavy atom. The van der Waals surface area contributed by atoms with Crippen molar-refractivity contribution in [3.05, 3.63) is 67.0 Å². The Kier molecular flexibility index (Phi) is 5.55. The van der Waals surface area contributed by atoms with E-state index < -0.39 is 5.54 Å². The van der Waals surface area contributed by atoms with Gasteiger partial charge in [-0.1, -0.05) is 18.1 Å². The normalized spacial score (nSPS) is 11.3. The first kappa shape index (κ1) is 22.0. The van der Waals surface area contributed by atoms with Gasteiger partial charge in [-0.25, -0.2) is 9.50 Å². The third-order valence-electron chi connectivity index (χ3n) is 5.37. The van der Waals surface area contributed by atoms with E-state index in [1.54, 1.807) is 36.7 Å². The van der Waals surface area contributed by atoms with Crippen molar-refractivity contribution in [2.75, 3.05) is 11.9 Å². The number of aromatic amines is 1. The molecule has 0 saturated heterocycles. The van der Waals surface area contributed by atoms with Crippen LogP contribution in [0, 0.1) is 12.3 Å². The Morgan fingerprint density at radius 1 is 1.20 bits per heavy atom. The van der Waals surface area contributed by atoms with Gasteiger partial charge < -0.3 is 15.4 Å². The number of carbonyl (C=O) groups excluding carboxylic acids is 1. The lowest BCUT2D eigenvalue weighted by atomic mass is 10.1. The molecule has 174 valence electrons. The zero-order chi connectivity index (χ0) is 24.4. The van der Waals surface area contributed by atoms with Gasteiger partial charge >= 0.3 is 0 Å². The van der Waals surface area contributed by atoms with Gasteiger partial charge in [-0.05, 0) is 56.3 Å². The van der Waals surface area contributed by atoms with E-state index in [4.69, 9.17) is 16.1 Å². The summed E-state index contributed by atoms with van der Waals surface area (Å²) in [5.41, 5.74) is 2.68. The predicted octanol–water partition coefficient (Wildman–Crippen LogP) is 3.92. The lowest BCUT2D eigenvalue weighted by molar-refractivity contribution is -0.124. The van der Waals surface area contributed by atoms with Gasteiger partial charge in [0, 0.05) is 22.8 Å². The van der Waals surface area contributed by atoms with Crippen molar-refractivity contribution in [3.8, 4) is 29.5 Å². The molecule has 0 aliphatic carbocycles. The van der Waals surface area contributed by atoms with Gasteiger partial charge in [0.2, 0.25) is 0 Å². The molecule has 3 heterocycles. The number of carbonyl (C=O) groups is 1. The number of rotatable bonds is 7. The summed E-state index contributed by atoms with van der Waals surface area (Å²) in [7, 11) is 0. The van der Waals surface area contributed by atoms with Crippen LogP contribution in [0.4, 0.5) is 11.5 Å². The summed E-state index contributed by atoms with van der Waals surface area (Å²) in [4.78, 5) is 17.0. The van der Waals surface area contributed by atoms with Crippen LogP contribution in [0.15, 0.2) is 67.0 Å². The lowest BCUT2D eigenvalue weighted by Gasteiger charge is -2.19. The van der Waals surface area contributed by atoms with E-state index >= 15 is 0 Å². The van der Waals surface area contributed by atoms with E-state index in [-0.39, 0.29) is 12.5 Å². The lowest BCUT2D eigenvalue weighted by Crippen LogP contribution is -2.44. The van der Waals surface area contributed by atoms with Crippen molar-refractivity contribution >= 4 is 33.8 Å². The summed E-state index contributed by atoms with van der Waals surface area (Å²) in [6.07, 6.45) is 9.07. The Hall–Kier alpha value is -4.84. The number of H-pyrrole nitrogens is 1. The second kappa shape index (κ2) is 8.83. The molecule has 0 aliphatic rings. The molecule has 3 N–H and O–H groups in total. The zero-order valence-electron chi connectivity index (χ0n) is 19.2. The van der Waals surface area contributed by atoms with Gasteiger partial charge in [0.1, 0.15) is 11.3 Å². The molecular weight excluding hydrogens is 442 g/mol. The van der Waals surface area contributed by atoms with Crippen LogP contribution >= 0.6 is 0 Å². The van der Waals surface area contributed by atoms with Gasteiger partial charge in [-0.3, -0.25) is 9.89 Å². The van der Waals surface area contributed by atoms with E-state index in [9.17, 15) is 4.79 Å². The number of hydrogen-bond donors (Lipinski definition) is 3. The van der Waals surface area contributed by atoms with Crippen molar-refractivity contribution in [1.82, 2.24) is 30.1 Å². The standard InChI is InChI=1S/C26H23N7O2/c1-4-26(2,3)30-23(34)16-35-20-8-5-7-17(14-20)24-29-25(22-9-6-12-33(22)32-24)28-19-10-11-21-18(13-19)15-27-31-21/h1,5-15H,16H2,2-3H3,(H,27,31)(H,30,34)(H,28,29,32). The Balaban J connectivity index is 1.40. The highest BCUT2D eigenvalue weighted by atomic mass is 16.5. The highest BCUT2D eigenvalue weighted by Gasteiger charge is 2.17. The third-order valence-corrected chi connectivity index (χ3v) is 5.37. The Morgan fingerprint density at radius 3 is 2.94 bits per heavy atom. The summed E-state index contributed by atoms with van der Waals surface area (Å²) in [5.74, 6) is 3.91. The van der Waals surface area contributed by atoms with Gasteiger partial charge in [-0.2, -0.15) is 5.10 Å². The summed E-state index contributed by atoms with van der Waals surface area (Å²) in [6, 6.07) is 17.1. The minimum Gasteiger partial charge on any atom is -0.484 e. The summed E-state index contributed by atoms with van der Waals surface area (Å²) < 4.78 is 7.45. The highest BCUT2D eigenvalue weighted by molar-refractivity contribution is 5.84. The second-order valence-electron chi connectivity index (χ2n) is 8.55. The molecule has 0 atom stereocenters. The summed E-state index contributed by atoms with van der Waals surface area (Å²) in [5, 5.41) is 18.8. The first-order valence-electron chi connectivity index (χ1n) is 11.0. The maximum absolute atomic E-state index is 12.2. The number of hydrogen-bond acceptors (Lipinski definition) is 6. The third kappa shape index (κ3) is 4.77. The van der Waals surface area contributed by atoms with E-state index in [0.717, 1.165) is 27.7 Å². The molecule has 1 amide bonds. The van der Waals surface area contributed by atoms with Crippen LogP contribution in [-0.2, 0) is 4.79 Å². The average Bonchev–Trinajstić information content (AvgIpc) is 3.52. The van der Waals surface area contributed by atoms with Crippen LogP contribution in [0.1, 0.15) is 13.8 Å². The van der Waals surface area contributed by atoms with Crippen LogP contribution in [-0.4, -0.2) is 42.8 Å². The molecule has 0 spiro atoms. The number of nitrogens with zero attached hydrogens (tertiary/aromatic N) is 4. The molecule has 0 saturated carbocycles. The fourth-order valence-corrected chi connectivity index (χ4v) is 3.60. The fourth-order valence-electron chi connectivity index (χ4n) is 3.60. The smallest absolute Gasteiger partial charge is 0.259 e. The molecule has 9 nitrogen and oxygen atoms in total. The van der Waals surface area contributed by atoms with E-state index in [1.165, 1.54) is 0 Å². The van der Waals surface area contributed by atoms with Gasteiger partial charge in [-0.15, -0.1) is 11.5 Å². The number of aromatic nitrogens is 5. The zero-order valence-corrected chi connectivity index (χ0v) is 19.2. The number of terminal acetylenes is 1. The van der Waals surface area contributed by atoms with Crippen molar-refractivity contribution < 1.29 is 9.53 Å². The van der Waals surface area contributed by atoms with E-state index in [0.29, 0.717) is 17.4 Å².